The van der Waals surface area contributed by atoms with Crippen molar-refractivity contribution in [2.24, 2.45) is 0 Å². The molecule has 0 saturated heterocycles. The van der Waals surface area contributed by atoms with Crippen molar-refractivity contribution in [2.45, 2.75) is 37.0 Å². The summed E-state index contributed by atoms with van der Waals surface area (Å²) in [7, 11) is 0. The number of aliphatic hydroxyl groups is 1. The van der Waals surface area contributed by atoms with E-state index in [4.69, 9.17) is 0 Å². The highest BCUT2D eigenvalue weighted by Crippen LogP contribution is 2.28. The predicted octanol–water partition coefficient (Wildman–Crippen LogP) is 2.98. The molecule has 0 heterocycles. The molecule has 1 aliphatic carbocycles. The first-order valence-electron chi connectivity index (χ1n) is 6.96. The molecule has 0 radical (unpaired) electrons. The molecule has 0 spiro atoms. The fourth-order valence-electron chi connectivity index (χ4n) is 2.48. The van der Waals surface area contributed by atoms with E-state index in [1.54, 1.807) is 11.8 Å². The van der Waals surface area contributed by atoms with Gasteiger partial charge in [0, 0.05) is 18.0 Å². The largest absolute Gasteiger partial charge is 0.388 e. The highest BCUT2D eigenvalue weighted by molar-refractivity contribution is 7.97. The zero-order valence-electron chi connectivity index (χ0n) is 11.8. The summed E-state index contributed by atoms with van der Waals surface area (Å²) >= 11 is 1.77. The second-order valence-electron chi connectivity index (χ2n) is 5.37. The van der Waals surface area contributed by atoms with Crippen molar-refractivity contribution >= 4 is 23.5 Å². The van der Waals surface area contributed by atoms with Crippen LogP contribution in [0.15, 0.2) is 24.3 Å². The third kappa shape index (κ3) is 4.42. The van der Waals surface area contributed by atoms with Gasteiger partial charge in [0.25, 0.3) is 0 Å². The fraction of sp³-hybridized carbons (Fsp3) is 0.533. The quantitative estimate of drug-likeness (QED) is 0.782. The number of carbonyl (C=O) groups excluding carboxylic acids is 1. The van der Waals surface area contributed by atoms with E-state index < -0.39 is 5.60 Å². The first-order chi connectivity index (χ1) is 9.61. The Morgan fingerprint density at radius 3 is 2.55 bits per heavy atom. The number of urea groups is 1. The van der Waals surface area contributed by atoms with Crippen LogP contribution in [0.1, 0.15) is 31.2 Å². The summed E-state index contributed by atoms with van der Waals surface area (Å²) in [4.78, 5) is 11.8. The molecule has 110 valence electrons. The maximum absolute atomic E-state index is 11.8. The van der Waals surface area contributed by atoms with Gasteiger partial charge < -0.3 is 15.7 Å². The van der Waals surface area contributed by atoms with Crippen LogP contribution >= 0.6 is 11.8 Å². The lowest BCUT2D eigenvalue weighted by atomic mass is 10.0. The van der Waals surface area contributed by atoms with Crippen LogP contribution < -0.4 is 10.6 Å². The van der Waals surface area contributed by atoms with Crippen LogP contribution in [0.3, 0.4) is 0 Å². The van der Waals surface area contributed by atoms with Crippen LogP contribution in [0.4, 0.5) is 10.5 Å². The molecule has 3 N–H and O–H groups in total. The predicted molar refractivity (Wildman–Crippen MR) is 84.1 cm³/mol. The third-order valence-corrected chi connectivity index (χ3v) is 4.26. The Labute approximate surface area is 124 Å². The Kier molecular flexibility index (Phi) is 5.31. The molecule has 0 atom stereocenters. The van der Waals surface area contributed by atoms with Gasteiger partial charge in [-0.05, 0) is 36.8 Å². The average Bonchev–Trinajstić information content (AvgIpc) is 2.87. The monoisotopic (exact) mass is 294 g/mol. The van der Waals surface area contributed by atoms with Crippen molar-refractivity contribution in [1.29, 1.82) is 0 Å². The van der Waals surface area contributed by atoms with E-state index in [0.717, 1.165) is 37.1 Å². The fourth-order valence-corrected chi connectivity index (χ4v) is 3.01. The summed E-state index contributed by atoms with van der Waals surface area (Å²) in [5, 5.41) is 15.7. The molecular formula is C15H22N2O2S. The van der Waals surface area contributed by atoms with Crippen LogP contribution in [0.2, 0.25) is 0 Å². The molecule has 1 saturated carbocycles. The number of anilines is 1. The average molecular weight is 294 g/mol. The molecule has 5 heteroatoms. The summed E-state index contributed by atoms with van der Waals surface area (Å²) in [6, 6.07) is 7.56. The molecule has 1 aromatic rings. The Morgan fingerprint density at radius 1 is 1.30 bits per heavy atom. The second kappa shape index (κ2) is 6.99. The van der Waals surface area contributed by atoms with Gasteiger partial charge >= 0.3 is 6.03 Å². The maximum atomic E-state index is 11.8. The molecule has 4 nitrogen and oxygen atoms in total. The topological polar surface area (TPSA) is 61.4 Å². The van der Waals surface area contributed by atoms with Gasteiger partial charge in [-0.15, -0.1) is 0 Å². The first-order valence-corrected chi connectivity index (χ1v) is 8.36. The van der Waals surface area contributed by atoms with Gasteiger partial charge in [-0.3, -0.25) is 0 Å². The summed E-state index contributed by atoms with van der Waals surface area (Å²) in [5.41, 5.74) is 1.30. The minimum atomic E-state index is -0.709. The van der Waals surface area contributed by atoms with Gasteiger partial charge in [-0.1, -0.05) is 25.0 Å². The van der Waals surface area contributed by atoms with Crippen molar-refractivity contribution in [3.63, 3.8) is 0 Å². The van der Waals surface area contributed by atoms with Gasteiger partial charge in [-0.25, -0.2) is 4.79 Å². The van der Waals surface area contributed by atoms with E-state index >= 15 is 0 Å². The van der Waals surface area contributed by atoms with Gasteiger partial charge in [0.15, 0.2) is 0 Å². The molecule has 0 bridgehead atoms. The Bertz CT molecular complexity index is 442. The van der Waals surface area contributed by atoms with Crippen LogP contribution in [-0.2, 0) is 5.75 Å². The van der Waals surface area contributed by atoms with E-state index in [9.17, 15) is 9.90 Å². The lowest BCUT2D eigenvalue weighted by molar-refractivity contribution is 0.0506. The molecule has 20 heavy (non-hydrogen) atoms. The van der Waals surface area contributed by atoms with E-state index in [0.29, 0.717) is 6.54 Å². The lowest BCUT2D eigenvalue weighted by Crippen LogP contribution is -2.42. The molecule has 0 aromatic heterocycles. The minimum absolute atomic E-state index is 0.261. The van der Waals surface area contributed by atoms with E-state index in [1.165, 1.54) is 5.56 Å². The summed E-state index contributed by atoms with van der Waals surface area (Å²) in [6.45, 7) is 0.323. The standard InChI is InChI=1S/C15H22N2O2S/c1-20-10-12-4-6-13(7-5-12)17-14(18)16-11-15(19)8-2-3-9-15/h4-7,19H,2-3,8-11H2,1H3,(H2,16,17,18). The summed E-state index contributed by atoms with van der Waals surface area (Å²) in [6.07, 6.45) is 5.69. The first kappa shape index (κ1) is 15.2. The van der Waals surface area contributed by atoms with Gasteiger partial charge in [0.1, 0.15) is 0 Å². The Morgan fingerprint density at radius 2 is 1.95 bits per heavy atom. The smallest absolute Gasteiger partial charge is 0.319 e. The number of hydrogen-bond acceptors (Lipinski definition) is 3. The van der Waals surface area contributed by atoms with Crippen molar-refractivity contribution in [1.82, 2.24) is 5.32 Å². The number of thioether (sulfide) groups is 1. The Hall–Kier alpha value is -1.20. The van der Waals surface area contributed by atoms with Crippen molar-refractivity contribution < 1.29 is 9.90 Å². The summed E-state index contributed by atoms with van der Waals surface area (Å²) in [5.74, 6) is 0.972. The van der Waals surface area contributed by atoms with Crippen LogP contribution in [0, 0.1) is 0 Å². The third-order valence-electron chi connectivity index (χ3n) is 3.64. The van der Waals surface area contributed by atoms with Crippen molar-refractivity contribution in [3.05, 3.63) is 29.8 Å². The van der Waals surface area contributed by atoms with E-state index in [2.05, 4.69) is 16.9 Å². The molecule has 1 aromatic carbocycles. The number of amides is 2. The molecule has 2 rings (SSSR count). The minimum Gasteiger partial charge on any atom is -0.388 e. The van der Waals surface area contributed by atoms with E-state index in [-0.39, 0.29) is 6.03 Å². The molecule has 1 fully saturated rings. The normalized spacial score (nSPS) is 16.9. The van der Waals surface area contributed by atoms with Gasteiger partial charge in [-0.2, -0.15) is 11.8 Å². The van der Waals surface area contributed by atoms with E-state index in [1.807, 2.05) is 24.3 Å². The van der Waals surface area contributed by atoms with Gasteiger partial charge in [0.05, 0.1) is 5.60 Å². The highest BCUT2D eigenvalue weighted by atomic mass is 32.2. The number of nitrogens with one attached hydrogen (secondary N) is 2. The SMILES string of the molecule is CSCc1ccc(NC(=O)NCC2(O)CCCC2)cc1. The van der Waals surface area contributed by atoms with Crippen LogP contribution in [0.25, 0.3) is 0 Å². The summed E-state index contributed by atoms with van der Waals surface area (Å²) < 4.78 is 0. The van der Waals surface area contributed by atoms with Crippen molar-refractivity contribution in [3.8, 4) is 0 Å². The zero-order valence-corrected chi connectivity index (χ0v) is 12.6. The lowest BCUT2D eigenvalue weighted by Gasteiger charge is -2.22. The highest BCUT2D eigenvalue weighted by Gasteiger charge is 2.31. The van der Waals surface area contributed by atoms with Crippen LogP contribution in [-0.4, -0.2) is 29.5 Å². The molecule has 1 aliphatic rings. The number of carbonyl (C=O) groups is 1. The number of benzene rings is 1. The number of rotatable bonds is 5. The molecule has 0 aliphatic heterocycles. The number of hydrogen-bond donors (Lipinski definition) is 3. The van der Waals surface area contributed by atoms with Crippen LogP contribution in [0.5, 0.6) is 0 Å². The van der Waals surface area contributed by atoms with Crippen molar-refractivity contribution in [2.75, 3.05) is 18.1 Å². The molecular weight excluding hydrogens is 272 g/mol. The Balaban J connectivity index is 1.79. The van der Waals surface area contributed by atoms with Gasteiger partial charge in [0.2, 0.25) is 0 Å². The zero-order chi connectivity index (χ0) is 14.4. The second-order valence-corrected chi connectivity index (χ2v) is 6.24. The molecule has 0 unspecified atom stereocenters. The molecule has 2 amide bonds. The maximum Gasteiger partial charge on any atom is 0.319 e.